The molecule has 1 aromatic rings. The highest BCUT2D eigenvalue weighted by Crippen LogP contribution is 2.10. The molecule has 0 aliphatic carbocycles. The molecular formula is C9H9ClO3S. The van der Waals surface area contributed by atoms with E-state index in [0.29, 0.717) is 5.02 Å². The summed E-state index contributed by atoms with van der Waals surface area (Å²) in [5, 5.41) is 0.622. The van der Waals surface area contributed by atoms with Crippen molar-refractivity contribution in [3.05, 3.63) is 40.9 Å². The van der Waals surface area contributed by atoms with E-state index in [9.17, 15) is 8.42 Å². The molecule has 0 bridgehead atoms. The zero-order valence-electron chi connectivity index (χ0n) is 7.22. The summed E-state index contributed by atoms with van der Waals surface area (Å²) in [6.07, 6.45) is 2.97. The van der Waals surface area contributed by atoms with E-state index in [-0.39, 0.29) is 5.75 Å². The highest BCUT2D eigenvalue weighted by atomic mass is 35.5. The van der Waals surface area contributed by atoms with Crippen molar-refractivity contribution in [1.82, 2.24) is 0 Å². The molecule has 1 N–H and O–H groups in total. The maximum Gasteiger partial charge on any atom is 0.268 e. The van der Waals surface area contributed by atoms with Crippen LogP contribution in [0.15, 0.2) is 30.3 Å². The van der Waals surface area contributed by atoms with Crippen molar-refractivity contribution in [3.8, 4) is 0 Å². The van der Waals surface area contributed by atoms with Crippen LogP contribution in [0.5, 0.6) is 0 Å². The molecular weight excluding hydrogens is 224 g/mol. The third-order valence-corrected chi connectivity index (χ3v) is 2.35. The summed E-state index contributed by atoms with van der Waals surface area (Å²) in [5.74, 6) is -0.379. The number of halogens is 1. The summed E-state index contributed by atoms with van der Waals surface area (Å²) in [4.78, 5) is 0. The monoisotopic (exact) mass is 232 g/mol. The molecule has 0 unspecified atom stereocenters. The van der Waals surface area contributed by atoms with Gasteiger partial charge in [0.2, 0.25) is 0 Å². The molecule has 0 aliphatic rings. The van der Waals surface area contributed by atoms with Crippen LogP contribution in [0.1, 0.15) is 5.56 Å². The molecule has 1 aromatic carbocycles. The molecule has 5 heteroatoms. The van der Waals surface area contributed by atoms with Crippen LogP contribution < -0.4 is 0 Å². The van der Waals surface area contributed by atoms with Crippen molar-refractivity contribution in [2.24, 2.45) is 0 Å². The van der Waals surface area contributed by atoms with Crippen LogP contribution in [0, 0.1) is 0 Å². The molecule has 0 radical (unpaired) electrons. The summed E-state index contributed by atoms with van der Waals surface area (Å²) in [6.45, 7) is 0. The molecule has 3 nitrogen and oxygen atoms in total. The molecule has 0 atom stereocenters. The van der Waals surface area contributed by atoms with E-state index in [4.69, 9.17) is 16.2 Å². The fourth-order valence-electron chi connectivity index (χ4n) is 0.880. The smallest absolute Gasteiger partial charge is 0.268 e. The number of benzene rings is 1. The first-order chi connectivity index (χ1) is 6.47. The predicted molar refractivity (Wildman–Crippen MR) is 56.9 cm³/mol. The van der Waals surface area contributed by atoms with Crippen LogP contribution in [0.4, 0.5) is 0 Å². The van der Waals surface area contributed by atoms with Crippen molar-refractivity contribution < 1.29 is 13.0 Å². The molecule has 1 rings (SSSR count). The second-order valence-corrected chi connectivity index (χ2v) is 4.64. The van der Waals surface area contributed by atoms with Gasteiger partial charge in [-0.25, -0.2) is 0 Å². The molecule has 0 saturated carbocycles. The van der Waals surface area contributed by atoms with Crippen molar-refractivity contribution in [2.45, 2.75) is 0 Å². The van der Waals surface area contributed by atoms with E-state index in [0.717, 1.165) is 5.56 Å². The van der Waals surface area contributed by atoms with Crippen molar-refractivity contribution in [1.29, 1.82) is 0 Å². The lowest BCUT2D eigenvalue weighted by molar-refractivity contribution is 0.487. The Hall–Kier alpha value is -0.840. The van der Waals surface area contributed by atoms with Crippen LogP contribution in [0.3, 0.4) is 0 Å². The van der Waals surface area contributed by atoms with E-state index < -0.39 is 10.1 Å². The van der Waals surface area contributed by atoms with Gasteiger partial charge in [0.1, 0.15) is 0 Å². The van der Waals surface area contributed by atoms with Gasteiger partial charge in [0.25, 0.3) is 10.1 Å². The third kappa shape index (κ3) is 4.41. The van der Waals surface area contributed by atoms with Gasteiger partial charge in [-0.3, -0.25) is 4.55 Å². The van der Waals surface area contributed by atoms with Gasteiger partial charge in [0, 0.05) is 5.02 Å². The summed E-state index contributed by atoms with van der Waals surface area (Å²) >= 11 is 5.66. The van der Waals surface area contributed by atoms with Gasteiger partial charge in [-0.1, -0.05) is 35.9 Å². The molecule has 0 heterocycles. The van der Waals surface area contributed by atoms with Gasteiger partial charge in [0.05, 0.1) is 5.75 Å². The van der Waals surface area contributed by atoms with Crippen molar-refractivity contribution >= 4 is 27.8 Å². The average Bonchev–Trinajstić information content (AvgIpc) is 2.06. The number of rotatable bonds is 3. The maximum atomic E-state index is 10.4. The predicted octanol–water partition coefficient (Wildman–Crippen LogP) is 2.24. The largest absolute Gasteiger partial charge is 0.285 e. The standard InChI is InChI=1S/C9H9ClO3S/c10-9-5-3-8(4-6-9)2-1-7-14(11,12)13/h1-6H,7H2,(H,11,12,13)/b2-1+. The lowest BCUT2D eigenvalue weighted by Gasteiger charge is -1.93. The molecule has 0 fully saturated rings. The van der Waals surface area contributed by atoms with Gasteiger partial charge in [-0.2, -0.15) is 8.42 Å². The fourth-order valence-corrected chi connectivity index (χ4v) is 1.35. The fraction of sp³-hybridized carbons (Fsp3) is 0.111. The Morgan fingerprint density at radius 1 is 1.29 bits per heavy atom. The Bertz CT molecular complexity index is 420. The average molecular weight is 233 g/mol. The first kappa shape index (κ1) is 11.2. The molecule has 76 valence electrons. The maximum absolute atomic E-state index is 10.4. The third-order valence-electron chi connectivity index (χ3n) is 1.49. The van der Waals surface area contributed by atoms with E-state index in [1.165, 1.54) is 6.08 Å². The van der Waals surface area contributed by atoms with Gasteiger partial charge in [-0.15, -0.1) is 0 Å². The van der Waals surface area contributed by atoms with Gasteiger partial charge in [0.15, 0.2) is 0 Å². The molecule has 0 amide bonds. The molecule has 14 heavy (non-hydrogen) atoms. The zero-order chi connectivity index (χ0) is 10.6. The summed E-state index contributed by atoms with van der Waals surface area (Å²) in [5.41, 5.74) is 0.832. The Balaban J connectivity index is 2.65. The highest BCUT2D eigenvalue weighted by molar-refractivity contribution is 7.85. The van der Waals surface area contributed by atoms with Crippen LogP contribution >= 0.6 is 11.6 Å². The molecule has 0 aromatic heterocycles. The van der Waals surface area contributed by atoms with Crippen molar-refractivity contribution in [2.75, 3.05) is 5.75 Å². The molecule has 0 spiro atoms. The lowest BCUT2D eigenvalue weighted by Crippen LogP contribution is -1.99. The number of hydrogen-bond donors (Lipinski definition) is 1. The van der Waals surface area contributed by atoms with Crippen LogP contribution in [0.2, 0.25) is 5.02 Å². The van der Waals surface area contributed by atoms with E-state index in [2.05, 4.69) is 0 Å². The summed E-state index contributed by atoms with van der Waals surface area (Å²) in [7, 11) is -3.92. The van der Waals surface area contributed by atoms with Gasteiger partial charge < -0.3 is 0 Å². The Labute approximate surface area is 87.8 Å². The summed E-state index contributed by atoms with van der Waals surface area (Å²) in [6, 6.07) is 6.91. The van der Waals surface area contributed by atoms with Crippen molar-refractivity contribution in [3.63, 3.8) is 0 Å². The van der Waals surface area contributed by atoms with Gasteiger partial charge in [-0.05, 0) is 17.7 Å². The Morgan fingerprint density at radius 2 is 1.86 bits per heavy atom. The minimum atomic E-state index is -3.92. The number of hydrogen-bond acceptors (Lipinski definition) is 2. The Morgan fingerprint density at radius 3 is 2.36 bits per heavy atom. The quantitative estimate of drug-likeness (QED) is 0.814. The van der Waals surface area contributed by atoms with E-state index >= 15 is 0 Å². The normalized spacial score (nSPS) is 12.1. The minimum absolute atomic E-state index is 0.379. The zero-order valence-corrected chi connectivity index (χ0v) is 8.79. The summed E-state index contributed by atoms with van der Waals surface area (Å²) < 4.78 is 29.2. The molecule has 0 aliphatic heterocycles. The molecule has 0 saturated heterocycles. The van der Waals surface area contributed by atoms with E-state index in [1.807, 2.05) is 0 Å². The van der Waals surface area contributed by atoms with Gasteiger partial charge >= 0.3 is 0 Å². The van der Waals surface area contributed by atoms with Crippen LogP contribution in [0.25, 0.3) is 6.08 Å². The second-order valence-electron chi connectivity index (χ2n) is 2.70. The van der Waals surface area contributed by atoms with E-state index in [1.54, 1.807) is 30.3 Å². The first-order valence-electron chi connectivity index (χ1n) is 3.85. The van der Waals surface area contributed by atoms with Crippen LogP contribution in [-0.4, -0.2) is 18.7 Å². The first-order valence-corrected chi connectivity index (χ1v) is 5.83. The lowest BCUT2D eigenvalue weighted by atomic mass is 10.2. The second kappa shape index (κ2) is 4.59. The highest BCUT2D eigenvalue weighted by Gasteiger charge is 1.98. The van der Waals surface area contributed by atoms with Crippen LogP contribution in [-0.2, 0) is 10.1 Å². The Kier molecular flexibility index (Phi) is 3.69. The SMILES string of the molecule is O=S(=O)(O)C/C=C/c1ccc(Cl)cc1. The minimum Gasteiger partial charge on any atom is -0.285 e. The topological polar surface area (TPSA) is 54.4 Å².